The van der Waals surface area contributed by atoms with Gasteiger partial charge in [-0.05, 0) is 11.1 Å². The molecule has 0 saturated carbocycles. The molecule has 0 bridgehead atoms. The number of carbonyl (C=O) groups is 1. The van der Waals surface area contributed by atoms with E-state index >= 15 is 0 Å². The van der Waals surface area contributed by atoms with Gasteiger partial charge in [0.1, 0.15) is 0 Å². The van der Waals surface area contributed by atoms with Crippen LogP contribution in [0.3, 0.4) is 0 Å². The first kappa shape index (κ1) is 14.9. The minimum Gasteiger partial charge on any atom is -0.479 e. The lowest BCUT2D eigenvalue weighted by molar-refractivity contribution is -0.146. The lowest BCUT2D eigenvalue weighted by Gasteiger charge is -2.03. The van der Waals surface area contributed by atoms with Crippen LogP contribution in [0.25, 0.3) is 0 Å². The average Bonchev–Trinajstić information content (AvgIpc) is 2.48. The molecule has 0 heterocycles. The summed E-state index contributed by atoms with van der Waals surface area (Å²) >= 11 is 0. The number of aliphatic hydroxyl groups excluding tert-OH is 1. The highest BCUT2D eigenvalue weighted by molar-refractivity contribution is 5.73. The van der Waals surface area contributed by atoms with Crippen molar-refractivity contribution in [1.82, 2.24) is 0 Å². The van der Waals surface area contributed by atoms with Crippen molar-refractivity contribution >= 4 is 5.97 Å². The van der Waals surface area contributed by atoms with E-state index in [0.717, 1.165) is 0 Å². The summed E-state index contributed by atoms with van der Waals surface area (Å²) in [5, 5.41) is 17.4. The molecule has 19 heavy (non-hydrogen) atoms. The van der Waals surface area contributed by atoms with Gasteiger partial charge in [-0.25, -0.2) is 4.79 Å². The van der Waals surface area contributed by atoms with E-state index in [9.17, 15) is 4.79 Å². The zero-order valence-electron chi connectivity index (χ0n) is 10.4. The van der Waals surface area contributed by atoms with Gasteiger partial charge in [0.25, 0.3) is 0 Å². The number of aliphatic hydroxyl groups is 1. The summed E-state index contributed by atoms with van der Waals surface area (Å²) in [7, 11) is 0. The molecule has 1 atom stereocenters. The molecule has 0 spiro atoms. The normalized spacial score (nSPS) is 11.1. The van der Waals surface area contributed by atoms with Gasteiger partial charge in [0, 0.05) is 6.54 Å². The van der Waals surface area contributed by atoms with E-state index in [2.05, 4.69) is 0 Å². The van der Waals surface area contributed by atoms with Gasteiger partial charge < -0.3 is 15.9 Å². The fourth-order valence-electron chi connectivity index (χ4n) is 1.39. The number of benzene rings is 2. The first-order valence-electron chi connectivity index (χ1n) is 5.85. The van der Waals surface area contributed by atoms with Gasteiger partial charge in [0.2, 0.25) is 0 Å². The summed E-state index contributed by atoms with van der Waals surface area (Å²) in [5.41, 5.74) is 6.94. The van der Waals surface area contributed by atoms with Crippen molar-refractivity contribution in [1.29, 1.82) is 0 Å². The van der Waals surface area contributed by atoms with Crippen molar-refractivity contribution in [2.24, 2.45) is 5.73 Å². The predicted octanol–water partition coefficient (Wildman–Crippen LogP) is 1.95. The number of rotatable bonds is 3. The van der Waals surface area contributed by atoms with Gasteiger partial charge in [0.15, 0.2) is 6.10 Å². The van der Waals surface area contributed by atoms with E-state index in [1.54, 1.807) is 30.3 Å². The molecular weight excluding hydrogens is 242 g/mol. The SMILES string of the molecule is NCc1ccccc1.O=C(O)C(O)c1ccccc1. The summed E-state index contributed by atoms with van der Waals surface area (Å²) in [6.45, 7) is 0.640. The zero-order valence-corrected chi connectivity index (χ0v) is 10.4. The maximum absolute atomic E-state index is 10.2. The van der Waals surface area contributed by atoms with E-state index in [1.807, 2.05) is 30.3 Å². The summed E-state index contributed by atoms with van der Waals surface area (Å²) in [4.78, 5) is 10.2. The first-order chi connectivity index (χ1) is 9.15. The monoisotopic (exact) mass is 259 g/mol. The largest absolute Gasteiger partial charge is 0.479 e. The van der Waals surface area contributed by atoms with Gasteiger partial charge in [-0.15, -0.1) is 0 Å². The number of carboxylic acid groups (broad SMARTS) is 1. The second-order valence-corrected chi connectivity index (χ2v) is 3.84. The Kier molecular flexibility index (Phi) is 6.29. The molecule has 0 aliphatic rings. The molecule has 4 nitrogen and oxygen atoms in total. The molecule has 2 aromatic rings. The van der Waals surface area contributed by atoms with Crippen molar-refractivity contribution in [2.75, 3.05) is 0 Å². The van der Waals surface area contributed by atoms with E-state index in [-0.39, 0.29) is 0 Å². The maximum Gasteiger partial charge on any atom is 0.337 e. The Bertz CT molecular complexity index is 485. The Hall–Kier alpha value is -2.17. The third kappa shape index (κ3) is 5.33. The van der Waals surface area contributed by atoms with Crippen molar-refractivity contribution in [3.05, 3.63) is 71.8 Å². The molecule has 0 amide bonds. The van der Waals surface area contributed by atoms with Gasteiger partial charge in [-0.2, -0.15) is 0 Å². The minimum absolute atomic E-state index is 0.403. The highest BCUT2D eigenvalue weighted by atomic mass is 16.4. The van der Waals surface area contributed by atoms with Crippen LogP contribution in [0.4, 0.5) is 0 Å². The molecule has 0 aromatic heterocycles. The van der Waals surface area contributed by atoms with E-state index in [0.29, 0.717) is 12.1 Å². The van der Waals surface area contributed by atoms with Crippen LogP contribution in [-0.4, -0.2) is 16.2 Å². The summed E-state index contributed by atoms with van der Waals surface area (Å²) in [6, 6.07) is 18.3. The van der Waals surface area contributed by atoms with Gasteiger partial charge in [-0.3, -0.25) is 0 Å². The first-order valence-corrected chi connectivity index (χ1v) is 5.85. The Morgan fingerprint density at radius 2 is 1.47 bits per heavy atom. The van der Waals surface area contributed by atoms with Crippen molar-refractivity contribution in [3.8, 4) is 0 Å². The minimum atomic E-state index is -1.41. The number of nitrogens with two attached hydrogens (primary N) is 1. The Morgan fingerprint density at radius 3 is 1.84 bits per heavy atom. The number of carboxylic acids is 1. The molecule has 4 N–H and O–H groups in total. The van der Waals surface area contributed by atoms with Crippen LogP contribution in [0.1, 0.15) is 17.2 Å². The van der Waals surface area contributed by atoms with Crippen LogP contribution < -0.4 is 5.73 Å². The van der Waals surface area contributed by atoms with E-state index in [1.165, 1.54) is 5.56 Å². The van der Waals surface area contributed by atoms with Crippen LogP contribution in [0, 0.1) is 0 Å². The molecular formula is C15H17NO3. The average molecular weight is 259 g/mol. The van der Waals surface area contributed by atoms with Gasteiger partial charge in [-0.1, -0.05) is 60.7 Å². The third-order valence-electron chi connectivity index (χ3n) is 2.43. The predicted molar refractivity (Wildman–Crippen MR) is 73.4 cm³/mol. The Labute approximate surface area is 112 Å². The highest BCUT2D eigenvalue weighted by Gasteiger charge is 2.14. The number of hydrogen-bond donors (Lipinski definition) is 3. The van der Waals surface area contributed by atoms with Crippen molar-refractivity contribution < 1.29 is 15.0 Å². The lowest BCUT2D eigenvalue weighted by atomic mass is 10.1. The van der Waals surface area contributed by atoms with Crippen LogP contribution in [-0.2, 0) is 11.3 Å². The molecule has 0 saturated heterocycles. The fraction of sp³-hybridized carbons (Fsp3) is 0.133. The molecule has 2 aromatic carbocycles. The molecule has 4 heteroatoms. The zero-order chi connectivity index (χ0) is 14.1. The number of hydrogen-bond acceptors (Lipinski definition) is 3. The van der Waals surface area contributed by atoms with E-state index in [4.69, 9.17) is 15.9 Å². The van der Waals surface area contributed by atoms with E-state index < -0.39 is 12.1 Å². The van der Waals surface area contributed by atoms with Crippen molar-refractivity contribution in [3.63, 3.8) is 0 Å². The van der Waals surface area contributed by atoms with Crippen LogP contribution in [0.5, 0.6) is 0 Å². The molecule has 1 unspecified atom stereocenters. The second-order valence-electron chi connectivity index (χ2n) is 3.84. The quantitative estimate of drug-likeness (QED) is 0.786. The fourth-order valence-corrected chi connectivity index (χ4v) is 1.39. The van der Waals surface area contributed by atoms with Crippen LogP contribution in [0.15, 0.2) is 60.7 Å². The summed E-state index contributed by atoms with van der Waals surface area (Å²) < 4.78 is 0. The summed E-state index contributed by atoms with van der Waals surface area (Å²) in [5.74, 6) is -1.23. The molecule has 0 fully saturated rings. The molecule has 0 radical (unpaired) electrons. The lowest BCUT2D eigenvalue weighted by Crippen LogP contribution is -2.09. The van der Waals surface area contributed by atoms with Crippen LogP contribution in [0.2, 0.25) is 0 Å². The highest BCUT2D eigenvalue weighted by Crippen LogP contribution is 2.10. The molecule has 2 rings (SSSR count). The molecule has 0 aliphatic carbocycles. The molecule has 100 valence electrons. The topological polar surface area (TPSA) is 83.6 Å². The van der Waals surface area contributed by atoms with Crippen LogP contribution >= 0.6 is 0 Å². The smallest absolute Gasteiger partial charge is 0.337 e. The Balaban J connectivity index is 0.000000200. The number of aliphatic carboxylic acids is 1. The van der Waals surface area contributed by atoms with Gasteiger partial charge >= 0.3 is 5.97 Å². The third-order valence-corrected chi connectivity index (χ3v) is 2.43. The summed E-state index contributed by atoms with van der Waals surface area (Å²) in [6.07, 6.45) is -1.41. The van der Waals surface area contributed by atoms with Gasteiger partial charge in [0.05, 0.1) is 0 Å². The Morgan fingerprint density at radius 1 is 1.00 bits per heavy atom. The van der Waals surface area contributed by atoms with Crippen molar-refractivity contribution in [2.45, 2.75) is 12.6 Å². The second kappa shape index (κ2) is 8.02. The standard InChI is InChI=1S/C8H8O3.C7H9N/c9-7(8(10)11)6-4-2-1-3-5-6;8-6-7-4-2-1-3-5-7/h1-5,7,9H,(H,10,11);1-5H,6,8H2. The molecule has 0 aliphatic heterocycles. The maximum atomic E-state index is 10.2.